The van der Waals surface area contributed by atoms with Crippen LogP contribution in [0.25, 0.3) is 0 Å². The Morgan fingerprint density at radius 3 is 2.39 bits per heavy atom. The van der Waals surface area contributed by atoms with Gasteiger partial charge < -0.3 is 15.0 Å². The second-order valence-electron chi connectivity index (χ2n) is 6.13. The van der Waals surface area contributed by atoms with Crippen LogP contribution in [0.2, 0.25) is 0 Å². The molecule has 1 heterocycles. The molecule has 7 nitrogen and oxygen atoms in total. The molecule has 0 saturated carbocycles. The molecule has 0 spiro atoms. The predicted octanol–water partition coefficient (Wildman–Crippen LogP) is 3.28. The molecule has 7 heteroatoms. The predicted molar refractivity (Wildman–Crippen MR) is 105 cm³/mol. The minimum atomic E-state index is -0.386. The molecule has 0 aliphatic rings. The number of amides is 1. The van der Waals surface area contributed by atoms with E-state index in [1.54, 1.807) is 72.9 Å². The van der Waals surface area contributed by atoms with Gasteiger partial charge in [0.2, 0.25) is 5.95 Å². The molecule has 0 atom stereocenters. The number of esters is 1. The molecule has 0 saturated heterocycles. The van der Waals surface area contributed by atoms with E-state index in [1.165, 1.54) is 7.11 Å². The zero-order valence-electron chi connectivity index (χ0n) is 15.6. The van der Waals surface area contributed by atoms with Crippen molar-refractivity contribution in [3.63, 3.8) is 0 Å². The number of hydrogen-bond acceptors (Lipinski definition) is 6. The Morgan fingerprint density at radius 1 is 1.00 bits per heavy atom. The lowest BCUT2D eigenvalue weighted by atomic mass is 10.1. The maximum Gasteiger partial charge on any atom is 0.337 e. The Bertz CT molecular complexity index is 959. The zero-order valence-corrected chi connectivity index (χ0v) is 15.6. The molecular weight excluding hydrogens is 356 g/mol. The summed E-state index contributed by atoms with van der Waals surface area (Å²) < 4.78 is 4.69. The van der Waals surface area contributed by atoms with E-state index in [4.69, 9.17) is 0 Å². The van der Waals surface area contributed by atoms with E-state index in [2.05, 4.69) is 20.0 Å². The average molecular weight is 376 g/mol. The molecule has 0 aliphatic heterocycles. The van der Waals surface area contributed by atoms with Gasteiger partial charge in [0.15, 0.2) is 0 Å². The van der Waals surface area contributed by atoms with Crippen molar-refractivity contribution >= 4 is 23.5 Å². The summed E-state index contributed by atoms with van der Waals surface area (Å²) in [4.78, 5) is 34.1. The van der Waals surface area contributed by atoms with E-state index in [1.807, 2.05) is 6.07 Å². The number of rotatable bonds is 6. The number of carbonyl (C=O) groups is 2. The molecule has 2 aromatic carbocycles. The third kappa shape index (κ3) is 4.70. The van der Waals surface area contributed by atoms with Gasteiger partial charge in [0.05, 0.1) is 12.7 Å². The van der Waals surface area contributed by atoms with E-state index in [-0.39, 0.29) is 11.9 Å². The highest BCUT2D eigenvalue weighted by molar-refractivity contribution is 5.95. The van der Waals surface area contributed by atoms with Crippen LogP contribution in [0, 0.1) is 0 Å². The summed E-state index contributed by atoms with van der Waals surface area (Å²) in [5, 5.41) is 3.07. The van der Waals surface area contributed by atoms with Crippen LogP contribution < -0.4 is 5.32 Å². The number of hydrogen-bond donors (Lipinski definition) is 1. The lowest BCUT2D eigenvalue weighted by molar-refractivity contribution is 0.0600. The Labute approximate surface area is 163 Å². The maximum atomic E-state index is 12.8. The Kier molecular flexibility index (Phi) is 5.96. The molecule has 0 bridgehead atoms. The first-order chi connectivity index (χ1) is 13.6. The summed E-state index contributed by atoms with van der Waals surface area (Å²) in [5.41, 5.74) is 2.67. The molecule has 0 aliphatic carbocycles. The van der Waals surface area contributed by atoms with Crippen LogP contribution in [0.15, 0.2) is 67.0 Å². The van der Waals surface area contributed by atoms with Crippen LogP contribution in [0.1, 0.15) is 26.3 Å². The number of nitrogens with zero attached hydrogens (tertiary/aromatic N) is 3. The second kappa shape index (κ2) is 8.77. The standard InChI is InChI=1S/C21H20N4O3/c1-25(14-15-7-9-16(10-8-15)20(27)28-2)19(26)17-5-3-6-18(13-17)24-21-22-11-4-12-23-21/h3-13H,14H2,1-2H3,(H,22,23,24). The second-order valence-corrected chi connectivity index (χ2v) is 6.13. The Balaban J connectivity index is 1.67. The van der Waals surface area contributed by atoms with E-state index >= 15 is 0 Å². The van der Waals surface area contributed by atoms with Crippen molar-refractivity contribution in [1.82, 2.24) is 14.9 Å². The molecule has 1 amide bonds. The molecular formula is C21H20N4O3. The summed E-state index contributed by atoms with van der Waals surface area (Å²) >= 11 is 0. The van der Waals surface area contributed by atoms with Gasteiger partial charge in [0.1, 0.15) is 0 Å². The summed E-state index contributed by atoms with van der Waals surface area (Å²) in [6.45, 7) is 0.416. The van der Waals surface area contributed by atoms with Crippen LogP contribution in [-0.2, 0) is 11.3 Å². The minimum Gasteiger partial charge on any atom is -0.465 e. The van der Waals surface area contributed by atoms with Gasteiger partial charge in [-0.25, -0.2) is 14.8 Å². The molecule has 3 aromatic rings. The zero-order chi connectivity index (χ0) is 19.9. The van der Waals surface area contributed by atoms with Crippen molar-refractivity contribution in [1.29, 1.82) is 0 Å². The normalized spacial score (nSPS) is 10.2. The van der Waals surface area contributed by atoms with Crippen LogP contribution in [0.4, 0.5) is 11.6 Å². The molecule has 3 rings (SSSR count). The van der Waals surface area contributed by atoms with Gasteiger partial charge in [0, 0.05) is 37.2 Å². The lowest BCUT2D eigenvalue weighted by Crippen LogP contribution is -2.26. The van der Waals surface area contributed by atoms with Crippen molar-refractivity contribution < 1.29 is 14.3 Å². The van der Waals surface area contributed by atoms with Gasteiger partial charge >= 0.3 is 5.97 Å². The van der Waals surface area contributed by atoms with E-state index < -0.39 is 0 Å². The molecule has 0 fully saturated rings. The molecule has 0 unspecified atom stereocenters. The largest absolute Gasteiger partial charge is 0.465 e. The fourth-order valence-electron chi connectivity index (χ4n) is 2.65. The SMILES string of the molecule is COC(=O)c1ccc(CN(C)C(=O)c2cccc(Nc3ncccn3)c2)cc1. The van der Waals surface area contributed by atoms with Crippen LogP contribution in [-0.4, -0.2) is 40.9 Å². The highest BCUT2D eigenvalue weighted by Crippen LogP contribution is 2.16. The maximum absolute atomic E-state index is 12.8. The quantitative estimate of drug-likeness (QED) is 0.665. The molecule has 0 radical (unpaired) electrons. The number of carbonyl (C=O) groups excluding carboxylic acids is 2. The number of nitrogens with one attached hydrogen (secondary N) is 1. The smallest absolute Gasteiger partial charge is 0.337 e. The van der Waals surface area contributed by atoms with Crippen LogP contribution >= 0.6 is 0 Å². The van der Waals surface area contributed by atoms with Crippen molar-refractivity contribution in [2.75, 3.05) is 19.5 Å². The first-order valence-electron chi connectivity index (χ1n) is 8.63. The monoisotopic (exact) mass is 376 g/mol. The van der Waals surface area contributed by atoms with E-state index in [0.29, 0.717) is 23.6 Å². The summed E-state index contributed by atoms with van der Waals surface area (Å²) in [6, 6.07) is 15.9. The molecule has 28 heavy (non-hydrogen) atoms. The number of aromatic nitrogens is 2. The summed E-state index contributed by atoms with van der Waals surface area (Å²) in [5.74, 6) is -0.0384. The van der Waals surface area contributed by atoms with Crippen LogP contribution in [0.3, 0.4) is 0 Å². The highest BCUT2D eigenvalue weighted by Gasteiger charge is 2.13. The van der Waals surface area contributed by atoms with Gasteiger partial charge in [-0.3, -0.25) is 4.79 Å². The first kappa shape index (κ1) is 19.0. The van der Waals surface area contributed by atoms with Gasteiger partial charge in [-0.2, -0.15) is 0 Å². The average Bonchev–Trinajstić information content (AvgIpc) is 2.74. The van der Waals surface area contributed by atoms with Crippen LogP contribution in [0.5, 0.6) is 0 Å². The first-order valence-corrected chi connectivity index (χ1v) is 8.63. The number of anilines is 2. The van der Waals surface area contributed by atoms with Crippen molar-refractivity contribution in [2.45, 2.75) is 6.54 Å². The lowest BCUT2D eigenvalue weighted by Gasteiger charge is -2.18. The van der Waals surface area contributed by atoms with E-state index in [0.717, 1.165) is 11.3 Å². The van der Waals surface area contributed by atoms with Gasteiger partial charge in [0.25, 0.3) is 5.91 Å². The third-order valence-corrected chi connectivity index (χ3v) is 4.07. The molecule has 1 N–H and O–H groups in total. The van der Waals surface area contributed by atoms with Crippen molar-refractivity contribution in [2.24, 2.45) is 0 Å². The molecule has 1 aromatic heterocycles. The summed E-state index contributed by atoms with van der Waals surface area (Å²) in [6.07, 6.45) is 3.28. The van der Waals surface area contributed by atoms with Gasteiger partial charge in [-0.1, -0.05) is 18.2 Å². The van der Waals surface area contributed by atoms with Gasteiger partial charge in [-0.05, 0) is 42.0 Å². The van der Waals surface area contributed by atoms with Gasteiger partial charge in [-0.15, -0.1) is 0 Å². The van der Waals surface area contributed by atoms with Crippen molar-refractivity contribution in [3.8, 4) is 0 Å². The Morgan fingerprint density at radius 2 is 1.71 bits per heavy atom. The van der Waals surface area contributed by atoms with Crippen molar-refractivity contribution in [3.05, 3.63) is 83.7 Å². The molecule has 142 valence electrons. The fourth-order valence-corrected chi connectivity index (χ4v) is 2.65. The summed E-state index contributed by atoms with van der Waals surface area (Å²) in [7, 11) is 3.08. The number of methoxy groups -OCH3 is 1. The third-order valence-electron chi connectivity index (χ3n) is 4.07. The van der Waals surface area contributed by atoms with E-state index in [9.17, 15) is 9.59 Å². The Hall–Kier alpha value is -3.74. The minimum absolute atomic E-state index is 0.116. The highest BCUT2D eigenvalue weighted by atomic mass is 16.5. The number of ether oxygens (including phenoxy) is 1. The topological polar surface area (TPSA) is 84.4 Å². The number of benzene rings is 2. The fraction of sp³-hybridized carbons (Fsp3) is 0.143.